The molecule has 2 aromatic rings. The summed E-state index contributed by atoms with van der Waals surface area (Å²) in [6.45, 7) is 1.50. The number of methoxy groups -OCH3 is 1. The van der Waals surface area contributed by atoms with Gasteiger partial charge in [-0.15, -0.1) is 0 Å². The Bertz CT molecular complexity index is 755. The Labute approximate surface area is 140 Å². The van der Waals surface area contributed by atoms with Gasteiger partial charge >= 0.3 is 0 Å². The third-order valence-electron chi connectivity index (χ3n) is 3.95. The predicted octanol–water partition coefficient (Wildman–Crippen LogP) is 2.58. The number of ether oxygens (including phenoxy) is 1. The highest BCUT2D eigenvalue weighted by Gasteiger charge is 2.21. The minimum atomic E-state index is -0.379. The third kappa shape index (κ3) is 3.37. The molecule has 1 saturated heterocycles. The molecule has 24 heavy (non-hydrogen) atoms. The molecular formula is C18H19N3O3. The molecule has 0 bridgehead atoms. The second kappa shape index (κ2) is 7.12. The van der Waals surface area contributed by atoms with E-state index in [2.05, 4.69) is 10.3 Å². The maximum atomic E-state index is 12.4. The van der Waals surface area contributed by atoms with Crippen LogP contribution in [0.4, 0.5) is 5.69 Å². The lowest BCUT2D eigenvalue weighted by molar-refractivity contribution is 0.0787. The molecule has 6 nitrogen and oxygen atoms in total. The number of nitrogens with one attached hydrogen (secondary N) is 1. The lowest BCUT2D eigenvalue weighted by Gasteiger charge is -2.15. The van der Waals surface area contributed by atoms with Gasteiger partial charge in [0.15, 0.2) is 0 Å². The Morgan fingerprint density at radius 2 is 1.75 bits per heavy atom. The van der Waals surface area contributed by atoms with Gasteiger partial charge in [0.1, 0.15) is 17.1 Å². The lowest BCUT2D eigenvalue weighted by atomic mass is 10.2. The highest BCUT2D eigenvalue weighted by molar-refractivity contribution is 6.04. The van der Waals surface area contributed by atoms with Crippen molar-refractivity contribution in [2.45, 2.75) is 12.8 Å². The average Bonchev–Trinajstić information content (AvgIpc) is 3.16. The number of carbonyl (C=O) groups is 2. The van der Waals surface area contributed by atoms with Crippen LogP contribution < -0.4 is 10.1 Å². The number of carbonyl (C=O) groups excluding carboxylic acids is 2. The molecule has 0 aliphatic carbocycles. The molecule has 0 saturated carbocycles. The number of para-hydroxylation sites is 2. The van der Waals surface area contributed by atoms with Gasteiger partial charge in [-0.05, 0) is 37.1 Å². The molecule has 1 aliphatic heterocycles. The minimum Gasteiger partial charge on any atom is -0.495 e. The number of hydrogen-bond acceptors (Lipinski definition) is 4. The van der Waals surface area contributed by atoms with E-state index in [0.29, 0.717) is 17.1 Å². The van der Waals surface area contributed by atoms with Crippen molar-refractivity contribution < 1.29 is 14.3 Å². The van der Waals surface area contributed by atoms with Crippen molar-refractivity contribution in [3.05, 3.63) is 53.9 Å². The van der Waals surface area contributed by atoms with Gasteiger partial charge in [0, 0.05) is 13.1 Å². The smallest absolute Gasteiger partial charge is 0.274 e. The van der Waals surface area contributed by atoms with E-state index in [4.69, 9.17) is 4.74 Å². The van der Waals surface area contributed by atoms with Gasteiger partial charge in [-0.1, -0.05) is 18.2 Å². The summed E-state index contributed by atoms with van der Waals surface area (Å²) in [6.07, 6.45) is 2.03. The summed E-state index contributed by atoms with van der Waals surface area (Å²) in [5, 5.41) is 2.76. The molecule has 0 radical (unpaired) electrons. The summed E-state index contributed by atoms with van der Waals surface area (Å²) < 4.78 is 5.22. The molecule has 6 heteroatoms. The molecule has 1 aliphatic rings. The van der Waals surface area contributed by atoms with Crippen molar-refractivity contribution in [2.75, 3.05) is 25.5 Å². The molecule has 2 heterocycles. The summed E-state index contributed by atoms with van der Waals surface area (Å²) >= 11 is 0. The van der Waals surface area contributed by atoms with E-state index in [0.717, 1.165) is 25.9 Å². The first-order valence-corrected chi connectivity index (χ1v) is 7.90. The zero-order valence-electron chi connectivity index (χ0n) is 13.5. The number of amides is 2. The fourth-order valence-electron chi connectivity index (χ4n) is 2.70. The number of nitrogens with zero attached hydrogens (tertiary/aromatic N) is 2. The van der Waals surface area contributed by atoms with Crippen molar-refractivity contribution in [1.82, 2.24) is 9.88 Å². The summed E-state index contributed by atoms with van der Waals surface area (Å²) in [7, 11) is 1.54. The van der Waals surface area contributed by atoms with Gasteiger partial charge in [0.05, 0.1) is 12.8 Å². The first-order chi connectivity index (χ1) is 11.7. The first-order valence-electron chi connectivity index (χ1n) is 7.90. The monoisotopic (exact) mass is 325 g/mol. The van der Waals surface area contributed by atoms with Crippen LogP contribution in [0.15, 0.2) is 42.5 Å². The highest BCUT2D eigenvalue weighted by Crippen LogP contribution is 2.23. The lowest BCUT2D eigenvalue weighted by Crippen LogP contribution is -2.29. The summed E-state index contributed by atoms with van der Waals surface area (Å²) in [6, 6.07) is 12.0. The largest absolute Gasteiger partial charge is 0.495 e. The number of aromatic nitrogens is 1. The Morgan fingerprint density at radius 3 is 2.50 bits per heavy atom. The maximum absolute atomic E-state index is 12.4. The molecule has 1 aromatic carbocycles. The Morgan fingerprint density at radius 1 is 1.04 bits per heavy atom. The van der Waals surface area contributed by atoms with E-state index < -0.39 is 0 Å². The zero-order valence-corrected chi connectivity index (χ0v) is 13.5. The normalized spacial score (nSPS) is 13.6. The van der Waals surface area contributed by atoms with Crippen LogP contribution >= 0.6 is 0 Å². The second-order valence-electron chi connectivity index (χ2n) is 5.56. The molecule has 2 amide bonds. The Balaban J connectivity index is 1.78. The maximum Gasteiger partial charge on any atom is 0.274 e. The van der Waals surface area contributed by atoms with E-state index >= 15 is 0 Å². The zero-order chi connectivity index (χ0) is 16.9. The SMILES string of the molecule is COc1ccccc1NC(=O)c1cccc(C(=O)N2CCCC2)n1. The standard InChI is InChI=1S/C18H19N3O3/c1-24-16-10-3-2-7-13(16)20-17(22)14-8-6-9-15(19-14)18(23)21-11-4-5-12-21/h2-3,6-10H,4-5,11-12H2,1H3,(H,20,22). The van der Waals surface area contributed by atoms with E-state index in [1.165, 1.54) is 0 Å². The molecule has 124 valence electrons. The van der Waals surface area contributed by atoms with Gasteiger partial charge in [-0.2, -0.15) is 0 Å². The van der Waals surface area contributed by atoms with E-state index in [-0.39, 0.29) is 17.5 Å². The fraction of sp³-hybridized carbons (Fsp3) is 0.278. The summed E-state index contributed by atoms with van der Waals surface area (Å²) in [5.41, 5.74) is 1.05. The predicted molar refractivity (Wildman–Crippen MR) is 90.3 cm³/mol. The number of anilines is 1. The quantitative estimate of drug-likeness (QED) is 0.938. The van der Waals surface area contributed by atoms with Gasteiger partial charge < -0.3 is 15.0 Å². The molecule has 0 unspecified atom stereocenters. The Kier molecular flexibility index (Phi) is 4.74. The molecule has 0 spiro atoms. The van der Waals surface area contributed by atoms with Gasteiger partial charge in [0.2, 0.25) is 0 Å². The van der Waals surface area contributed by atoms with Crippen LogP contribution in [0.1, 0.15) is 33.8 Å². The number of rotatable bonds is 4. The number of pyridine rings is 1. The van der Waals surface area contributed by atoms with Gasteiger partial charge in [0.25, 0.3) is 11.8 Å². The molecule has 3 rings (SSSR count). The van der Waals surface area contributed by atoms with Crippen molar-refractivity contribution in [3.63, 3.8) is 0 Å². The van der Waals surface area contributed by atoms with Crippen LogP contribution in [-0.2, 0) is 0 Å². The third-order valence-corrected chi connectivity index (χ3v) is 3.95. The van der Waals surface area contributed by atoms with Crippen LogP contribution in [0.25, 0.3) is 0 Å². The van der Waals surface area contributed by atoms with Crippen LogP contribution in [0.3, 0.4) is 0 Å². The molecular weight excluding hydrogens is 306 g/mol. The average molecular weight is 325 g/mol. The van der Waals surface area contributed by atoms with E-state index in [9.17, 15) is 9.59 Å². The Hall–Kier alpha value is -2.89. The van der Waals surface area contributed by atoms with Crippen LogP contribution in [0.5, 0.6) is 5.75 Å². The van der Waals surface area contributed by atoms with Gasteiger partial charge in [-0.3, -0.25) is 9.59 Å². The molecule has 1 N–H and O–H groups in total. The number of benzene rings is 1. The van der Waals surface area contributed by atoms with E-state index in [1.54, 1.807) is 48.4 Å². The molecule has 0 atom stereocenters. The van der Waals surface area contributed by atoms with Crippen molar-refractivity contribution in [3.8, 4) is 5.75 Å². The van der Waals surface area contributed by atoms with Crippen molar-refractivity contribution in [1.29, 1.82) is 0 Å². The van der Waals surface area contributed by atoms with Crippen LogP contribution in [0, 0.1) is 0 Å². The molecule has 1 fully saturated rings. The number of likely N-dealkylation sites (tertiary alicyclic amines) is 1. The van der Waals surface area contributed by atoms with E-state index in [1.807, 2.05) is 6.07 Å². The van der Waals surface area contributed by atoms with Gasteiger partial charge in [-0.25, -0.2) is 4.98 Å². The number of hydrogen-bond donors (Lipinski definition) is 1. The topological polar surface area (TPSA) is 71.5 Å². The first kappa shape index (κ1) is 16.0. The highest BCUT2D eigenvalue weighted by atomic mass is 16.5. The summed E-state index contributed by atoms with van der Waals surface area (Å²) in [4.78, 5) is 30.8. The molecule has 1 aromatic heterocycles. The second-order valence-corrected chi connectivity index (χ2v) is 5.56. The minimum absolute atomic E-state index is 0.126. The van der Waals surface area contributed by atoms with Crippen LogP contribution in [0.2, 0.25) is 0 Å². The van der Waals surface area contributed by atoms with Crippen molar-refractivity contribution in [2.24, 2.45) is 0 Å². The fourth-order valence-corrected chi connectivity index (χ4v) is 2.70. The summed E-state index contributed by atoms with van der Waals surface area (Å²) in [5.74, 6) is 0.0603. The van der Waals surface area contributed by atoms with Crippen LogP contribution in [-0.4, -0.2) is 41.9 Å². The van der Waals surface area contributed by atoms with Crippen molar-refractivity contribution >= 4 is 17.5 Å².